The Hall–Kier alpha value is -1.39. The van der Waals surface area contributed by atoms with Crippen LogP contribution in [-0.2, 0) is 0 Å². The number of rotatable bonds is 1. The number of nitrogens with zero attached hydrogens (tertiary/aromatic N) is 1. The fourth-order valence-corrected chi connectivity index (χ4v) is 3.21. The average molecular weight is 233 g/mol. The molecule has 0 aliphatic carbocycles. The summed E-state index contributed by atoms with van der Waals surface area (Å²) in [5.41, 5.74) is 0.946. The molecule has 0 unspecified atom stereocenters. The van der Waals surface area contributed by atoms with Crippen molar-refractivity contribution in [2.75, 3.05) is 0 Å². The summed E-state index contributed by atoms with van der Waals surface area (Å²) < 4.78 is 1.03. The van der Waals surface area contributed by atoms with Gasteiger partial charge in [-0.05, 0) is 29.6 Å². The first-order valence-corrected chi connectivity index (χ1v) is 6.16. The van der Waals surface area contributed by atoms with Crippen molar-refractivity contribution >= 4 is 32.9 Å². The van der Waals surface area contributed by atoms with Gasteiger partial charge >= 0.3 is 0 Å². The highest BCUT2D eigenvalue weighted by Crippen LogP contribution is 2.33. The Morgan fingerprint density at radius 3 is 2.93 bits per heavy atom. The number of aromatic nitrogens is 1. The molecule has 2 nitrogen and oxygen atoms in total. The summed E-state index contributed by atoms with van der Waals surface area (Å²) in [4.78, 5) is 5.69. The maximum Gasteiger partial charge on any atom is 0.134 e. The van der Waals surface area contributed by atoms with Crippen LogP contribution in [0, 0.1) is 0 Å². The minimum atomic E-state index is 0.295. The Kier molecular flexibility index (Phi) is 1.97. The molecule has 0 saturated carbocycles. The van der Waals surface area contributed by atoms with Gasteiger partial charge in [-0.1, -0.05) is 6.07 Å². The van der Waals surface area contributed by atoms with E-state index in [-0.39, 0.29) is 0 Å². The van der Waals surface area contributed by atoms with Crippen molar-refractivity contribution in [2.24, 2.45) is 0 Å². The van der Waals surface area contributed by atoms with Gasteiger partial charge in [-0.3, -0.25) is 0 Å². The number of hydrogen-bond acceptors (Lipinski definition) is 4. The third kappa shape index (κ3) is 1.52. The van der Waals surface area contributed by atoms with Crippen molar-refractivity contribution in [3.05, 3.63) is 35.7 Å². The van der Waals surface area contributed by atoms with Gasteiger partial charge in [0.05, 0.1) is 15.1 Å². The van der Waals surface area contributed by atoms with Crippen molar-refractivity contribution < 1.29 is 5.11 Å². The number of thiophene rings is 1. The predicted octanol–water partition coefficient (Wildman–Crippen LogP) is 3.73. The van der Waals surface area contributed by atoms with E-state index in [1.807, 2.05) is 17.5 Å². The van der Waals surface area contributed by atoms with Crippen LogP contribution < -0.4 is 0 Å². The molecule has 74 valence electrons. The highest BCUT2D eigenvalue weighted by Gasteiger charge is 2.06. The van der Waals surface area contributed by atoms with Gasteiger partial charge in [0, 0.05) is 0 Å². The second-order valence-electron chi connectivity index (χ2n) is 3.15. The van der Waals surface area contributed by atoms with Crippen molar-refractivity contribution in [3.8, 4) is 15.6 Å². The molecule has 1 N–H and O–H groups in total. The Balaban J connectivity index is 2.22. The van der Waals surface area contributed by atoms with Gasteiger partial charge in [-0.15, -0.1) is 22.7 Å². The number of thiazole rings is 1. The van der Waals surface area contributed by atoms with Crippen LogP contribution in [0.4, 0.5) is 0 Å². The summed E-state index contributed by atoms with van der Waals surface area (Å²) in [5.74, 6) is 0.295. The minimum absolute atomic E-state index is 0.295. The molecule has 2 aromatic heterocycles. The van der Waals surface area contributed by atoms with E-state index in [1.54, 1.807) is 34.8 Å². The largest absolute Gasteiger partial charge is 0.508 e. The van der Waals surface area contributed by atoms with Gasteiger partial charge in [0.25, 0.3) is 0 Å². The average Bonchev–Trinajstić information content (AvgIpc) is 2.84. The Morgan fingerprint density at radius 1 is 1.20 bits per heavy atom. The van der Waals surface area contributed by atoms with Gasteiger partial charge < -0.3 is 5.11 Å². The molecule has 0 aliphatic rings. The molecule has 1 aromatic carbocycles. The van der Waals surface area contributed by atoms with Gasteiger partial charge in [0.2, 0.25) is 0 Å². The lowest BCUT2D eigenvalue weighted by molar-refractivity contribution is 0.476. The molecule has 0 amide bonds. The van der Waals surface area contributed by atoms with E-state index in [0.717, 1.165) is 15.2 Å². The molecular formula is C11H7NOS2. The lowest BCUT2D eigenvalue weighted by Crippen LogP contribution is -1.68. The molecule has 2 heterocycles. The van der Waals surface area contributed by atoms with E-state index in [9.17, 15) is 5.11 Å². The smallest absolute Gasteiger partial charge is 0.134 e. The van der Waals surface area contributed by atoms with Gasteiger partial charge in [0.15, 0.2) is 0 Å². The molecule has 3 aromatic rings. The summed E-state index contributed by atoms with van der Waals surface area (Å²) in [6, 6.07) is 9.34. The number of phenolic OH excluding ortho intramolecular Hbond substituents is 1. The summed E-state index contributed by atoms with van der Waals surface area (Å²) in [7, 11) is 0. The lowest BCUT2D eigenvalue weighted by atomic mass is 10.3. The lowest BCUT2D eigenvalue weighted by Gasteiger charge is -1.87. The van der Waals surface area contributed by atoms with Crippen LogP contribution in [0.3, 0.4) is 0 Å². The van der Waals surface area contributed by atoms with Crippen LogP contribution in [0.15, 0.2) is 35.7 Å². The molecule has 4 heteroatoms. The second kappa shape index (κ2) is 3.32. The predicted molar refractivity (Wildman–Crippen MR) is 64.6 cm³/mol. The zero-order chi connectivity index (χ0) is 10.3. The van der Waals surface area contributed by atoms with Crippen molar-refractivity contribution in [1.29, 1.82) is 0 Å². The molecule has 0 spiro atoms. The first kappa shape index (κ1) is 8.88. The Bertz CT molecular complexity index is 598. The molecule has 0 fully saturated rings. The second-order valence-corrected chi connectivity index (χ2v) is 5.13. The molecule has 3 rings (SSSR count). The number of aromatic hydroxyl groups is 1. The molecule has 0 aliphatic heterocycles. The van der Waals surface area contributed by atoms with Crippen LogP contribution in [0.5, 0.6) is 5.75 Å². The highest BCUT2D eigenvalue weighted by molar-refractivity contribution is 7.25. The van der Waals surface area contributed by atoms with Crippen LogP contribution in [0.1, 0.15) is 0 Å². The first-order valence-electron chi connectivity index (χ1n) is 4.46. The van der Waals surface area contributed by atoms with Crippen LogP contribution in [0.25, 0.3) is 20.1 Å². The fraction of sp³-hybridized carbons (Fsp3) is 0. The SMILES string of the molecule is Oc1ccc2nc(-c3cccs3)sc2c1. The maximum absolute atomic E-state index is 9.35. The minimum Gasteiger partial charge on any atom is -0.508 e. The monoisotopic (exact) mass is 233 g/mol. The Morgan fingerprint density at radius 2 is 2.13 bits per heavy atom. The number of hydrogen-bond donors (Lipinski definition) is 1. The van der Waals surface area contributed by atoms with Crippen LogP contribution >= 0.6 is 22.7 Å². The van der Waals surface area contributed by atoms with Crippen LogP contribution in [0.2, 0.25) is 0 Å². The number of benzene rings is 1. The molecule has 0 bridgehead atoms. The number of fused-ring (bicyclic) bond motifs is 1. The fourth-order valence-electron chi connectivity index (χ4n) is 1.42. The third-order valence-corrected chi connectivity index (χ3v) is 4.16. The molecule has 15 heavy (non-hydrogen) atoms. The zero-order valence-electron chi connectivity index (χ0n) is 7.68. The summed E-state index contributed by atoms with van der Waals surface area (Å²) in [6.07, 6.45) is 0. The molecule has 0 saturated heterocycles. The molecule has 0 atom stereocenters. The summed E-state index contributed by atoms with van der Waals surface area (Å²) in [5, 5.41) is 12.4. The Labute approximate surface area is 94.5 Å². The van der Waals surface area contributed by atoms with Gasteiger partial charge in [-0.2, -0.15) is 0 Å². The van der Waals surface area contributed by atoms with Crippen molar-refractivity contribution in [3.63, 3.8) is 0 Å². The van der Waals surface area contributed by atoms with E-state index in [1.165, 1.54) is 4.88 Å². The maximum atomic E-state index is 9.35. The quantitative estimate of drug-likeness (QED) is 0.694. The summed E-state index contributed by atoms with van der Waals surface area (Å²) in [6.45, 7) is 0. The highest BCUT2D eigenvalue weighted by atomic mass is 32.1. The third-order valence-electron chi connectivity index (χ3n) is 2.10. The van der Waals surface area contributed by atoms with E-state index < -0.39 is 0 Å². The topological polar surface area (TPSA) is 33.1 Å². The van der Waals surface area contributed by atoms with Crippen molar-refractivity contribution in [2.45, 2.75) is 0 Å². The van der Waals surface area contributed by atoms with E-state index in [4.69, 9.17) is 0 Å². The van der Waals surface area contributed by atoms with Gasteiger partial charge in [-0.25, -0.2) is 4.98 Å². The first-order chi connectivity index (χ1) is 7.33. The van der Waals surface area contributed by atoms with E-state index in [2.05, 4.69) is 11.1 Å². The normalized spacial score (nSPS) is 10.9. The van der Waals surface area contributed by atoms with Crippen LogP contribution in [-0.4, -0.2) is 10.1 Å². The molecular weight excluding hydrogens is 226 g/mol. The van der Waals surface area contributed by atoms with Crippen molar-refractivity contribution in [1.82, 2.24) is 4.98 Å². The summed E-state index contributed by atoms with van der Waals surface area (Å²) >= 11 is 3.29. The zero-order valence-corrected chi connectivity index (χ0v) is 9.31. The standard InChI is InChI=1S/C11H7NOS2/c13-7-3-4-8-10(6-7)15-11(12-8)9-2-1-5-14-9/h1-6,13H. The molecule has 0 radical (unpaired) electrons. The van der Waals surface area contributed by atoms with E-state index >= 15 is 0 Å². The van der Waals surface area contributed by atoms with E-state index in [0.29, 0.717) is 5.75 Å². The van der Waals surface area contributed by atoms with Gasteiger partial charge in [0.1, 0.15) is 10.8 Å². The number of phenols is 1.